The number of carboxylic acids is 1. The number of hydrogen-bond donors (Lipinski definition) is 2. The Morgan fingerprint density at radius 1 is 1.57 bits per heavy atom. The fourth-order valence-corrected chi connectivity index (χ4v) is 1.02. The second-order valence-electron chi connectivity index (χ2n) is 2.74. The van der Waals surface area contributed by atoms with Crippen LogP contribution in [-0.4, -0.2) is 18.2 Å². The molecule has 0 bridgehead atoms. The Hall–Kier alpha value is -1.62. The lowest BCUT2D eigenvalue weighted by Crippen LogP contribution is -2.20. The summed E-state index contributed by atoms with van der Waals surface area (Å²) in [6.07, 6.45) is 0. The zero-order chi connectivity index (χ0) is 10.7. The van der Waals surface area contributed by atoms with Crippen molar-refractivity contribution in [2.45, 2.75) is 6.04 Å². The SMILES string of the molecule is COc1cc(F)cc([C@H](N)C(=O)O)c1. The molecule has 1 aromatic rings. The van der Waals surface area contributed by atoms with Crippen LogP contribution in [0.25, 0.3) is 0 Å². The quantitative estimate of drug-likeness (QED) is 0.759. The van der Waals surface area contributed by atoms with Gasteiger partial charge in [-0.1, -0.05) is 0 Å². The molecule has 0 unspecified atom stereocenters. The highest BCUT2D eigenvalue weighted by atomic mass is 19.1. The summed E-state index contributed by atoms with van der Waals surface area (Å²) in [6, 6.07) is 2.38. The van der Waals surface area contributed by atoms with Crippen molar-refractivity contribution in [2.75, 3.05) is 7.11 Å². The molecule has 14 heavy (non-hydrogen) atoms. The number of aliphatic carboxylic acids is 1. The van der Waals surface area contributed by atoms with Crippen molar-refractivity contribution in [3.8, 4) is 5.75 Å². The van der Waals surface area contributed by atoms with Crippen LogP contribution in [0, 0.1) is 5.82 Å². The van der Waals surface area contributed by atoms with Crippen molar-refractivity contribution in [1.29, 1.82) is 0 Å². The summed E-state index contributed by atoms with van der Waals surface area (Å²) in [4.78, 5) is 10.5. The van der Waals surface area contributed by atoms with Crippen molar-refractivity contribution in [2.24, 2.45) is 5.73 Å². The summed E-state index contributed by atoms with van der Waals surface area (Å²) in [5.41, 5.74) is 5.48. The van der Waals surface area contributed by atoms with Gasteiger partial charge in [0.05, 0.1) is 7.11 Å². The van der Waals surface area contributed by atoms with Crippen molar-refractivity contribution in [3.05, 3.63) is 29.6 Å². The molecule has 0 fully saturated rings. The third-order valence-corrected chi connectivity index (χ3v) is 1.75. The normalized spacial score (nSPS) is 12.2. The van der Waals surface area contributed by atoms with Crippen molar-refractivity contribution < 1.29 is 19.0 Å². The average Bonchev–Trinajstić information content (AvgIpc) is 2.15. The Morgan fingerprint density at radius 3 is 2.71 bits per heavy atom. The Kier molecular flexibility index (Phi) is 3.03. The lowest BCUT2D eigenvalue weighted by molar-refractivity contribution is -0.138. The minimum absolute atomic E-state index is 0.175. The van der Waals surface area contributed by atoms with Gasteiger partial charge < -0.3 is 15.6 Å². The molecular weight excluding hydrogens is 189 g/mol. The number of rotatable bonds is 3. The van der Waals surface area contributed by atoms with Gasteiger partial charge in [-0.25, -0.2) is 4.39 Å². The van der Waals surface area contributed by atoms with Crippen molar-refractivity contribution in [3.63, 3.8) is 0 Å². The third-order valence-electron chi connectivity index (χ3n) is 1.75. The Morgan fingerprint density at radius 2 is 2.21 bits per heavy atom. The van der Waals surface area contributed by atoms with Crippen molar-refractivity contribution in [1.82, 2.24) is 0 Å². The van der Waals surface area contributed by atoms with E-state index in [0.717, 1.165) is 12.1 Å². The van der Waals surface area contributed by atoms with E-state index in [4.69, 9.17) is 15.6 Å². The monoisotopic (exact) mass is 199 g/mol. The van der Waals surface area contributed by atoms with Gasteiger partial charge in [-0.05, 0) is 17.7 Å². The van der Waals surface area contributed by atoms with Gasteiger partial charge in [0.1, 0.15) is 17.6 Å². The van der Waals surface area contributed by atoms with E-state index in [1.807, 2.05) is 0 Å². The average molecular weight is 199 g/mol. The summed E-state index contributed by atoms with van der Waals surface area (Å²) < 4.78 is 17.7. The van der Waals surface area contributed by atoms with Gasteiger partial charge in [0.2, 0.25) is 0 Å². The highest BCUT2D eigenvalue weighted by Gasteiger charge is 2.15. The topological polar surface area (TPSA) is 72.5 Å². The number of methoxy groups -OCH3 is 1. The van der Waals surface area contributed by atoms with E-state index in [-0.39, 0.29) is 11.3 Å². The molecule has 4 nitrogen and oxygen atoms in total. The smallest absolute Gasteiger partial charge is 0.325 e. The van der Waals surface area contributed by atoms with E-state index in [0.29, 0.717) is 0 Å². The lowest BCUT2D eigenvalue weighted by Gasteiger charge is -2.08. The fraction of sp³-hybridized carbons (Fsp3) is 0.222. The summed E-state index contributed by atoms with van der Waals surface area (Å²) >= 11 is 0. The van der Waals surface area contributed by atoms with Gasteiger partial charge in [-0.15, -0.1) is 0 Å². The number of carboxylic acid groups (broad SMARTS) is 1. The molecule has 3 N–H and O–H groups in total. The molecule has 1 aromatic carbocycles. The van der Waals surface area contributed by atoms with Crippen LogP contribution in [0.5, 0.6) is 5.75 Å². The van der Waals surface area contributed by atoms with Crippen LogP contribution in [0.1, 0.15) is 11.6 Å². The molecule has 0 radical (unpaired) electrons. The number of carbonyl (C=O) groups is 1. The fourth-order valence-electron chi connectivity index (χ4n) is 1.02. The number of hydrogen-bond acceptors (Lipinski definition) is 3. The zero-order valence-electron chi connectivity index (χ0n) is 7.53. The van der Waals surface area contributed by atoms with Gasteiger partial charge in [0, 0.05) is 6.07 Å². The largest absolute Gasteiger partial charge is 0.497 e. The molecule has 1 rings (SSSR count). The lowest BCUT2D eigenvalue weighted by atomic mass is 10.1. The Balaban J connectivity index is 3.08. The second kappa shape index (κ2) is 4.06. The maximum atomic E-state index is 12.9. The second-order valence-corrected chi connectivity index (χ2v) is 2.74. The molecular formula is C9H10FNO3. The Labute approximate surface area is 80.1 Å². The van der Waals surface area contributed by atoms with E-state index in [2.05, 4.69) is 0 Å². The van der Waals surface area contributed by atoms with Crippen LogP contribution < -0.4 is 10.5 Å². The summed E-state index contributed by atoms with van der Waals surface area (Å²) in [5, 5.41) is 8.60. The summed E-state index contributed by atoms with van der Waals surface area (Å²) in [6.45, 7) is 0. The molecule has 0 saturated heterocycles. The number of halogens is 1. The van der Waals surface area contributed by atoms with E-state index in [1.54, 1.807) is 0 Å². The molecule has 0 aliphatic carbocycles. The molecule has 0 saturated carbocycles. The first kappa shape index (κ1) is 10.5. The molecule has 0 spiro atoms. The first-order valence-corrected chi connectivity index (χ1v) is 3.87. The molecule has 0 amide bonds. The highest BCUT2D eigenvalue weighted by molar-refractivity contribution is 5.75. The van der Waals surface area contributed by atoms with Crippen LogP contribution in [0.3, 0.4) is 0 Å². The standard InChI is InChI=1S/C9H10FNO3/c1-14-7-3-5(2-6(10)4-7)8(11)9(12)13/h2-4,8H,11H2,1H3,(H,12,13)/t8-/m0/s1. The number of ether oxygens (including phenoxy) is 1. The highest BCUT2D eigenvalue weighted by Crippen LogP contribution is 2.20. The van der Waals surface area contributed by atoms with Gasteiger partial charge in [-0.3, -0.25) is 4.79 Å². The zero-order valence-corrected chi connectivity index (χ0v) is 7.53. The van der Waals surface area contributed by atoms with E-state index >= 15 is 0 Å². The maximum absolute atomic E-state index is 12.9. The molecule has 76 valence electrons. The molecule has 0 aromatic heterocycles. The molecule has 5 heteroatoms. The third kappa shape index (κ3) is 2.20. The van der Waals surface area contributed by atoms with Gasteiger partial charge >= 0.3 is 5.97 Å². The van der Waals surface area contributed by atoms with Crippen LogP contribution in [0.2, 0.25) is 0 Å². The van der Waals surface area contributed by atoms with Gasteiger partial charge in [-0.2, -0.15) is 0 Å². The predicted molar refractivity (Wildman–Crippen MR) is 47.5 cm³/mol. The predicted octanol–water partition coefficient (Wildman–Crippen LogP) is 0.919. The van der Waals surface area contributed by atoms with E-state index in [9.17, 15) is 9.18 Å². The Bertz CT molecular complexity index is 354. The molecule has 0 aliphatic rings. The van der Waals surface area contributed by atoms with Gasteiger partial charge in [0.25, 0.3) is 0 Å². The number of nitrogens with two attached hydrogens (primary N) is 1. The number of benzene rings is 1. The van der Waals surface area contributed by atoms with Gasteiger partial charge in [0.15, 0.2) is 0 Å². The minimum atomic E-state index is -1.24. The van der Waals surface area contributed by atoms with Crippen molar-refractivity contribution >= 4 is 5.97 Å². The van der Waals surface area contributed by atoms with Crippen LogP contribution in [-0.2, 0) is 4.79 Å². The molecule has 1 atom stereocenters. The molecule has 0 aliphatic heterocycles. The first-order chi connectivity index (χ1) is 6.54. The van der Waals surface area contributed by atoms with E-state index < -0.39 is 17.8 Å². The summed E-state index contributed by atoms with van der Waals surface area (Å²) in [7, 11) is 1.37. The van der Waals surface area contributed by atoms with Crippen LogP contribution in [0.4, 0.5) is 4.39 Å². The first-order valence-electron chi connectivity index (χ1n) is 3.87. The molecule has 0 heterocycles. The summed E-state index contributed by atoms with van der Waals surface area (Å²) in [5.74, 6) is -1.54. The maximum Gasteiger partial charge on any atom is 0.325 e. The van der Waals surface area contributed by atoms with Crippen LogP contribution >= 0.6 is 0 Å². The van der Waals surface area contributed by atoms with Crippen LogP contribution in [0.15, 0.2) is 18.2 Å². The van der Waals surface area contributed by atoms with E-state index in [1.165, 1.54) is 13.2 Å². The minimum Gasteiger partial charge on any atom is -0.497 e.